The Balaban J connectivity index is 1.91. The highest BCUT2D eigenvalue weighted by Crippen LogP contribution is 2.34. The van der Waals surface area contributed by atoms with Crippen LogP contribution in [0.5, 0.6) is 0 Å². The van der Waals surface area contributed by atoms with Gasteiger partial charge in [-0.25, -0.2) is 0 Å². The van der Waals surface area contributed by atoms with Crippen LogP contribution in [0.25, 0.3) is 0 Å². The van der Waals surface area contributed by atoms with Crippen molar-refractivity contribution in [2.45, 2.75) is 57.1 Å². The van der Waals surface area contributed by atoms with Crippen LogP contribution in [0.15, 0.2) is 0 Å². The maximum Gasteiger partial charge on any atom is 0.0682 e. The lowest BCUT2D eigenvalue weighted by Gasteiger charge is -2.33. The number of aliphatic hydroxyl groups is 1. The molecule has 90 valence electrons. The zero-order valence-electron chi connectivity index (χ0n) is 9.94. The molecule has 0 spiro atoms. The van der Waals surface area contributed by atoms with Crippen molar-refractivity contribution in [2.24, 2.45) is 5.92 Å². The topological polar surface area (TPSA) is 47.3 Å². The molecule has 2 fully saturated rings. The van der Waals surface area contributed by atoms with E-state index in [-0.39, 0.29) is 6.10 Å². The zero-order chi connectivity index (χ0) is 11.4. The van der Waals surface area contributed by atoms with Crippen molar-refractivity contribution >= 4 is 0 Å². The Hall–Kier alpha value is -0.590. The molecule has 1 heterocycles. The predicted molar refractivity (Wildman–Crippen MR) is 62.8 cm³/mol. The van der Waals surface area contributed by atoms with Gasteiger partial charge in [-0.3, -0.25) is 4.90 Å². The van der Waals surface area contributed by atoms with E-state index in [1.165, 1.54) is 32.1 Å². The lowest BCUT2D eigenvalue weighted by molar-refractivity contribution is 0.156. The molecule has 0 aromatic carbocycles. The van der Waals surface area contributed by atoms with Crippen LogP contribution >= 0.6 is 0 Å². The van der Waals surface area contributed by atoms with Gasteiger partial charge in [0.1, 0.15) is 0 Å². The summed E-state index contributed by atoms with van der Waals surface area (Å²) in [4.78, 5) is 2.35. The second kappa shape index (κ2) is 5.65. The summed E-state index contributed by atoms with van der Waals surface area (Å²) in [6, 6.07) is 2.75. The number of likely N-dealkylation sites (tertiary alicyclic amines) is 1. The van der Waals surface area contributed by atoms with Gasteiger partial charge in [0.2, 0.25) is 0 Å². The predicted octanol–water partition coefficient (Wildman–Crippen LogP) is 1.92. The molecule has 16 heavy (non-hydrogen) atoms. The molecule has 0 aromatic heterocycles. The van der Waals surface area contributed by atoms with Crippen LogP contribution in [0.1, 0.15) is 44.9 Å². The first kappa shape index (κ1) is 11.9. The third-order valence-electron chi connectivity index (χ3n) is 4.13. The van der Waals surface area contributed by atoms with Gasteiger partial charge < -0.3 is 5.11 Å². The molecule has 0 radical (unpaired) electrons. The van der Waals surface area contributed by atoms with E-state index in [1.807, 2.05) is 0 Å². The van der Waals surface area contributed by atoms with Gasteiger partial charge >= 0.3 is 0 Å². The Morgan fingerprint density at radius 1 is 1.25 bits per heavy atom. The van der Waals surface area contributed by atoms with Gasteiger partial charge in [-0.1, -0.05) is 19.3 Å². The number of β-amino-alcohol motifs (C(OH)–C–C–N with tert-alkyl or cyclic N) is 1. The molecule has 1 saturated carbocycles. The second-order valence-corrected chi connectivity index (χ2v) is 5.26. The van der Waals surface area contributed by atoms with Crippen molar-refractivity contribution in [1.82, 2.24) is 4.90 Å². The van der Waals surface area contributed by atoms with Gasteiger partial charge in [-0.2, -0.15) is 5.26 Å². The molecule has 2 rings (SSSR count). The van der Waals surface area contributed by atoms with Crippen LogP contribution in [-0.2, 0) is 0 Å². The first-order valence-corrected chi connectivity index (χ1v) is 6.60. The van der Waals surface area contributed by atoms with Gasteiger partial charge in [0.15, 0.2) is 0 Å². The van der Waals surface area contributed by atoms with E-state index < -0.39 is 0 Å². The number of nitriles is 1. The van der Waals surface area contributed by atoms with Crippen LogP contribution in [-0.4, -0.2) is 35.2 Å². The Labute approximate surface area is 98.1 Å². The first-order valence-electron chi connectivity index (χ1n) is 6.60. The average molecular weight is 222 g/mol. The van der Waals surface area contributed by atoms with Crippen molar-refractivity contribution in [3.05, 3.63) is 0 Å². The summed E-state index contributed by atoms with van der Waals surface area (Å²) < 4.78 is 0. The minimum Gasteiger partial charge on any atom is -0.392 e. The minimum atomic E-state index is -0.161. The number of nitrogens with zero attached hydrogens (tertiary/aromatic N) is 2. The molecule has 0 aromatic rings. The van der Waals surface area contributed by atoms with E-state index in [9.17, 15) is 5.11 Å². The van der Waals surface area contributed by atoms with E-state index in [0.29, 0.717) is 12.5 Å². The Kier molecular flexibility index (Phi) is 4.20. The fourth-order valence-electron chi connectivity index (χ4n) is 3.37. The summed E-state index contributed by atoms with van der Waals surface area (Å²) in [5, 5.41) is 18.4. The lowest BCUT2D eigenvalue weighted by atomic mass is 9.83. The summed E-state index contributed by atoms with van der Waals surface area (Å²) in [7, 11) is 0. The highest BCUT2D eigenvalue weighted by atomic mass is 16.3. The molecule has 0 amide bonds. The SMILES string of the molecule is N#CCCN1CC(O)CC1C1CCCCC1. The van der Waals surface area contributed by atoms with E-state index in [0.717, 1.165) is 25.4 Å². The van der Waals surface area contributed by atoms with Crippen molar-refractivity contribution < 1.29 is 5.11 Å². The van der Waals surface area contributed by atoms with E-state index >= 15 is 0 Å². The van der Waals surface area contributed by atoms with Crippen LogP contribution in [0.3, 0.4) is 0 Å². The molecule has 0 bridgehead atoms. The highest BCUT2D eigenvalue weighted by Gasteiger charge is 2.36. The summed E-state index contributed by atoms with van der Waals surface area (Å²) >= 11 is 0. The highest BCUT2D eigenvalue weighted by molar-refractivity contribution is 4.91. The molecule has 1 N–H and O–H groups in total. The molecular formula is C13H22N2O. The van der Waals surface area contributed by atoms with E-state index in [1.54, 1.807) is 0 Å². The largest absolute Gasteiger partial charge is 0.392 e. The third-order valence-corrected chi connectivity index (χ3v) is 4.13. The monoisotopic (exact) mass is 222 g/mol. The molecule has 1 aliphatic carbocycles. The quantitative estimate of drug-likeness (QED) is 0.793. The van der Waals surface area contributed by atoms with Gasteiger partial charge in [0.05, 0.1) is 12.2 Å². The van der Waals surface area contributed by atoms with Crippen LogP contribution in [0.4, 0.5) is 0 Å². The van der Waals surface area contributed by atoms with Crippen LogP contribution in [0, 0.1) is 17.2 Å². The molecule has 2 aliphatic rings. The molecular weight excluding hydrogens is 200 g/mol. The van der Waals surface area contributed by atoms with Crippen molar-refractivity contribution in [3.8, 4) is 6.07 Å². The molecule has 3 heteroatoms. The maximum absolute atomic E-state index is 9.78. The van der Waals surface area contributed by atoms with E-state index in [2.05, 4.69) is 11.0 Å². The smallest absolute Gasteiger partial charge is 0.0682 e. The molecule has 2 unspecified atom stereocenters. The summed E-state index contributed by atoms with van der Waals surface area (Å²) in [5.41, 5.74) is 0. The van der Waals surface area contributed by atoms with E-state index in [4.69, 9.17) is 5.26 Å². The second-order valence-electron chi connectivity index (χ2n) is 5.26. The normalized spacial score (nSPS) is 32.8. The Morgan fingerprint density at radius 3 is 2.69 bits per heavy atom. The number of hydrogen-bond donors (Lipinski definition) is 1. The van der Waals surface area contributed by atoms with Gasteiger partial charge in [0, 0.05) is 25.6 Å². The Bertz CT molecular complexity index is 255. The van der Waals surface area contributed by atoms with Gasteiger partial charge in [0.25, 0.3) is 0 Å². The lowest BCUT2D eigenvalue weighted by Crippen LogP contribution is -2.37. The molecule has 2 atom stereocenters. The van der Waals surface area contributed by atoms with Crippen molar-refractivity contribution in [2.75, 3.05) is 13.1 Å². The molecule has 1 saturated heterocycles. The summed E-state index contributed by atoms with van der Waals surface area (Å²) in [6.45, 7) is 1.62. The van der Waals surface area contributed by atoms with Crippen LogP contribution < -0.4 is 0 Å². The standard InChI is InChI=1S/C13H22N2O/c14-7-4-8-15-10-12(16)9-13(15)11-5-2-1-3-6-11/h11-13,16H,1-6,8-10H2. The fraction of sp³-hybridized carbons (Fsp3) is 0.923. The number of rotatable bonds is 3. The van der Waals surface area contributed by atoms with Gasteiger partial charge in [-0.05, 0) is 25.2 Å². The zero-order valence-corrected chi connectivity index (χ0v) is 9.94. The minimum absolute atomic E-state index is 0.161. The number of hydrogen-bond acceptors (Lipinski definition) is 3. The third kappa shape index (κ3) is 2.75. The molecule has 1 aliphatic heterocycles. The molecule has 3 nitrogen and oxygen atoms in total. The fourth-order valence-corrected chi connectivity index (χ4v) is 3.37. The first-order chi connectivity index (χ1) is 7.81. The van der Waals surface area contributed by atoms with Gasteiger partial charge in [-0.15, -0.1) is 0 Å². The Morgan fingerprint density at radius 2 is 2.00 bits per heavy atom. The van der Waals surface area contributed by atoms with Crippen LogP contribution in [0.2, 0.25) is 0 Å². The summed E-state index contributed by atoms with van der Waals surface area (Å²) in [6.07, 6.45) is 8.08. The van der Waals surface area contributed by atoms with Crippen molar-refractivity contribution in [1.29, 1.82) is 5.26 Å². The van der Waals surface area contributed by atoms with Crippen molar-refractivity contribution in [3.63, 3.8) is 0 Å². The maximum atomic E-state index is 9.78. The number of aliphatic hydroxyl groups excluding tert-OH is 1. The average Bonchev–Trinajstić information content (AvgIpc) is 2.69. The summed E-state index contributed by atoms with van der Waals surface area (Å²) in [5.74, 6) is 0.768.